The molecule has 7 heteroatoms. The molecule has 0 saturated heterocycles. The van der Waals surface area contributed by atoms with E-state index in [-0.39, 0.29) is 12.6 Å². The number of ether oxygens (including phenoxy) is 1. The SMILES string of the molecule is CC(C)C1NCCn2c(CCOCC(F)F)nnc21. The van der Waals surface area contributed by atoms with Crippen LogP contribution in [0.5, 0.6) is 0 Å². The third-order valence-corrected chi connectivity index (χ3v) is 3.21. The summed E-state index contributed by atoms with van der Waals surface area (Å²) in [5.41, 5.74) is 0. The van der Waals surface area contributed by atoms with Crippen molar-refractivity contribution >= 4 is 0 Å². The van der Waals surface area contributed by atoms with Gasteiger partial charge < -0.3 is 14.6 Å². The normalized spacial score (nSPS) is 19.2. The summed E-state index contributed by atoms with van der Waals surface area (Å²) >= 11 is 0. The molecule has 1 aromatic heterocycles. The minimum absolute atomic E-state index is 0.206. The second-order valence-corrected chi connectivity index (χ2v) is 5.02. The highest BCUT2D eigenvalue weighted by molar-refractivity contribution is 5.05. The number of aromatic nitrogens is 3. The number of nitrogens with one attached hydrogen (secondary N) is 1. The van der Waals surface area contributed by atoms with Crippen molar-refractivity contribution in [3.63, 3.8) is 0 Å². The maximum Gasteiger partial charge on any atom is 0.261 e. The van der Waals surface area contributed by atoms with Crippen LogP contribution in [0.1, 0.15) is 31.5 Å². The molecule has 1 N–H and O–H groups in total. The van der Waals surface area contributed by atoms with E-state index in [9.17, 15) is 8.78 Å². The van der Waals surface area contributed by atoms with Crippen LogP contribution in [-0.2, 0) is 17.7 Å². The number of nitrogens with zero attached hydrogens (tertiary/aromatic N) is 3. The van der Waals surface area contributed by atoms with Crippen LogP contribution in [0.25, 0.3) is 0 Å². The van der Waals surface area contributed by atoms with Gasteiger partial charge in [0.1, 0.15) is 12.4 Å². The number of hydrogen-bond donors (Lipinski definition) is 1. The molecule has 0 radical (unpaired) electrons. The zero-order valence-electron chi connectivity index (χ0n) is 11.3. The number of alkyl halides is 2. The van der Waals surface area contributed by atoms with Crippen LogP contribution in [0.2, 0.25) is 0 Å². The molecule has 0 amide bonds. The Kier molecular flexibility index (Phi) is 4.81. The van der Waals surface area contributed by atoms with Gasteiger partial charge in [-0.3, -0.25) is 0 Å². The van der Waals surface area contributed by atoms with Gasteiger partial charge >= 0.3 is 0 Å². The summed E-state index contributed by atoms with van der Waals surface area (Å²) in [5, 5.41) is 11.8. The molecule has 1 aliphatic rings. The summed E-state index contributed by atoms with van der Waals surface area (Å²) in [4.78, 5) is 0. The zero-order valence-corrected chi connectivity index (χ0v) is 11.3. The third kappa shape index (κ3) is 3.48. The second-order valence-electron chi connectivity index (χ2n) is 5.02. The van der Waals surface area contributed by atoms with E-state index in [1.165, 1.54) is 0 Å². The van der Waals surface area contributed by atoms with Crippen molar-refractivity contribution in [1.82, 2.24) is 20.1 Å². The minimum Gasteiger partial charge on any atom is -0.375 e. The molecule has 5 nitrogen and oxygen atoms in total. The van der Waals surface area contributed by atoms with Crippen molar-refractivity contribution in [3.8, 4) is 0 Å². The Morgan fingerprint density at radius 3 is 2.89 bits per heavy atom. The van der Waals surface area contributed by atoms with E-state index in [1.807, 2.05) is 0 Å². The zero-order chi connectivity index (χ0) is 13.8. The molecule has 0 spiro atoms. The molecule has 1 aromatic rings. The average molecular weight is 274 g/mol. The fraction of sp³-hybridized carbons (Fsp3) is 0.833. The maximum absolute atomic E-state index is 11.9. The quantitative estimate of drug-likeness (QED) is 0.797. The fourth-order valence-corrected chi connectivity index (χ4v) is 2.30. The van der Waals surface area contributed by atoms with Gasteiger partial charge in [0.15, 0.2) is 5.82 Å². The number of halogens is 2. The molecule has 1 aliphatic heterocycles. The van der Waals surface area contributed by atoms with E-state index in [0.717, 1.165) is 24.7 Å². The predicted molar refractivity (Wildman–Crippen MR) is 66.1 cm³/mol. The second kappa shape index (κ2) is 6.38. The van der Waals surface area contributed by atoms with Gasteiger partial charge in [-0.2, -0.15) is 0 Å². The Morgan fingerprint density at radius 2 is 2.21 bits per heavy atom. The van der Waals surface area contributed by atoms with Crippen molar-refractivity contribution in [2.24, 2.45) is 5.92 Å². The van der Waals surface area contributed by atoms with Gasteiger partial charge in [0.05, 0.1) is 12.6 Å². The summed E-state index contributed by atoms with van der Waals surface area (Å²) in [7, 11) is 0. The van der Waals surface area contributed by atoms with Crippen molar-refractivity contribution in [2.45, 2.75) is 39.3 Å². The van der Waals surface area contributed by atoms with Crippen molar-refractivity contribution in [1.29, 1.82) is 0 Å². The highest BCUT2D eigenvalue weighted by Gasteiger charge is 2.26. The van der Waals surface area contributed by atoms with E-state index in [1.54, 1.807) is 0 Å². The molecule has 0 aromatic carbocycles. The van der Waals surface area contributed by atoms with Crippen molar-refractivity contribution < 1.29 is 13.5 Å². The highest BCUT2D eigenvalue weighted by Crippen LogP contribution is 2.23. The van der Waals surface area contributed by atoms with Crippen LogP contribution in [0.4, 0.5) is 8.78 Å². The minimum atomic E-state index is -2.41. The summed E-state index contributed by atoms with van der Waals surface area (Å²) in [6.07, 6.45) is -1.90. The fourth-order valence-electron chi connectivity index (χ4n) is 2.30. The van der Waals surface area contributed by atoms with Crippen LogP contribution < -0.4 is 5.32 Å². The van der Waals surface area contributed by atoms with Gasteiger partial charge in [-0.05, 0) is 5.92 Å². The van der Waals surface area contributed by atoms with Crippen LogP contribution in [0, 0.1) is 5.92 Å². The molecular formula is C12H20F2N4O. The summed E-state index contributed by atoms with van der Waals surface area (Å²) in [5.74, 6) is 2.19. The van der Waals surface area contributed by atoms with Crippen LogP contribution in [0.15, 0.2) is 0 Å². The van der Waals surface area contributed by atoms with Gasteiger partial charge in [0.25, 0.3) is 6.43 Å². The van der Waals surface area contributed by atoms with E-state index >= 15 is 0 Å². The lowest BCUT2D eigenvalue weighted by Crippen LogP contribution is -2.37. The maximum atomic E-state index is 11.9. The first kappa shape index (κ1) is 14.3. The first-order valence-corrected chi connectivity index (χ1v) is 6.61. The lowest BCUT2D eigenvalue weighted by atomic mass is 10.0. The van der Waals surface area contributed by atoms with Crippen LogP contribution in [0.3, 0.4) is 0 Å². The predicted octanol–water partition coefficient (Wildman–Crippen LogP) is 1.40. The molecular weight excluding hydrogens is 254 g/mol. The van der Waals surface area contributed by atoms with Crippen LogP contribution >= 0.6 is 0 Å². The molecule has 0 aliphatic carbocycles. The van der Waals surface area contributed by atoms with E-state index in [2.05, 4.69) is 33.9 Å². The topological polar surface area (TPSA) is 52.0 Å². The van der Waals surface area contributed by atoms with Gasteiger partial charge in [-0.15, -0.1) is 10.2 Å². The summed E-state index contributed by atoms with van der Waals surface area (Å²) in [6, 6.07) is 0.206. The Morgan fingerprint density at radius 1 is 1.42 bits per heavy atom. The number of hydrogen-bond acceptors (Lipinski definition) is 4. The van der Waals surface area contributed by atoms with Crippen molar-refractivity contribution in [2.75, 3.05) is 19.8 Å². The number of rotatable bonds is 6. The lowest BCUT2D eigenvalue weighted by molar-refractivity contribution is 0.0180. The lowest BCUT2D eigenvalue weighted by Gasteiger charge is -2.27. The smallest absolute Gasteiger partial charge is 0.261 e. The largest absolute Gasteiger partial charge is 0.375 e. The molecule has 0 fully saturated rings. The first-order chi connectivity index (χ1) is 9.09. The van der Waals surface area contributed by atoms with Crippen molar-refractivity contribution in [3.05, 3.63) is 11.6 Å². The Bertz CT molecular complexity index is 408. The Hall–Kier alpha value is -1.08. The Balaban J connectivity index is 1.96. The standard InChI is InChI=1S/C12H20F2N4O/c1-8(2)11-12-17-16-10(18(12)5-4-15-11)3-6-19-7-9(13)14/h8-9,11,15H,3-7H2,1-2H3. The van der Waals surface area contributed by atoms with E-state index in [0.29, 0.717) is 12.3 Å². The summed E-state index contributed by atoms with van der Waals surface area (Å²) in [6.45, 7) is 5.69. The van der Waals surface area contributed by atoms with Gasteiger partial charge in [-0.25, -0.2) is 8.78 Å². The first-order valence-electron chi connectivity index (χ1n) is 6.61. The number of fused-ring (bicyclic) bond motifs is 1. The van der Waals surface area contributed by atoms with Gasteiger partial charge in [0.2, 0.25) is 0 Å². The molecule has 2 rings (SSSR count). The average Bonchev–Trinajstić information content (AvgIpc) is 2.77. The molecule has 19 heavy (non-hydrogen) atoms. The molecule has 1 atom stereocenters. The van der Waals surface area contributed by atoms with Crippen LogP contribution in [-0.4, -0.2) is 40.9 Å². The van der Waals surface area contributed by atoms with Gasteiger partial charge in [0, 0.05) is 19.5 Å². The molecule has 0 bridgehead atoms. The molecule has 0 saturated carbocycles. The highest BCUT2D eigenvalue weighted by atomic mass is 19.3. The van der Waals surface area contributed by atoms with E-state index in [4.69, 9.17) is 4.74 Å². The van der Waals surface area contributed by atoms with Gasteiger partial charge in [-0.1, -0.05) is 13.8 Å². The molecule has 2 heterocycles. The summed E-state index contributed by atoms with van der Waals surface area (Å²) < 4.78 is 30.9. The van der Waals surface area contributed by atoms with E-state index < -0.39 is 13.0 Å². The monoisotopic (exact) mass is 274 g/mol. The molecule has 1 unspecified atom stereocenters. The molecule has 108 valence electrons. The Labute approximate surface area is 111 Å². The third-order valence-electron chi connectivity index (χ3n) is 3.21.